The fourth-order valence-electron chi connectivity index (χ4n) is 2.08. The predicted molar refractivity (Wildman–Crippen MR) is 67.9 cm³/mol. The van der Waals surface area contributed by atoms with Gasteiger partial charge in [-0.15, -0.1) is 0 Å². The molecule has 4 nitrogen and oxygen atoms in total. The number of nitrogens with zero attached hydrogens (tertiary/aromatic N) is 1. The minimum Gasteiger partial charge on any atom is -0.324 e. The minimum atomic E-state index is -3.36. The largest absolute Gasteiger partial charge is 0.325 e. The van der Waals surface area contributed by atoms with Gasteiger partial charge in [-0.3, -0.25) is 9.46 Å². The molecule has 5 heteroatoms. The predicted octanol–water partition coefficient (Wildman–Crippen LogP) is 2.72. The van der Waals surface area contributed by atoms with Crippen molar-refractivity contribution in [2.24, 2.45) is 0 Å². The van der Waals surface area contributed by atoms with E-state index >= 15 is 0 Å². The van der Waals surface area contributed by atoms with E-state index in [4.69, 9.17) is 9.42 Å². The number of hydrogen-bond acceptors (Lipinski definition) is 3. The lowest BCUT2D eigenvalue weighted by atomic mass is 10.1. The van der Waals surface area contributed by atoms with Crippen LogP contribution < -0.4 is 0 Å². The molecule has 1 N–H and O–H groups in total. The molecular formula is C11H26NO3P. The monoisotopic (exact) mass is 251 g/mol. The van der Waals surface area contributed by atoms with Gasteiger partial charge in [-0.25, -0.2) is 0 Å². The minimum absolute atomic E-state index is 0.195. The first-order valence-corrected chi connectivity index (χ1v) is 7.93. The van der Waals surface area contributed by atoms with Crippen molar-refractivity contribution >= 4 is 7.60 Å². The summed E-state index contributed by atoms with van der Waals surface area (Å²) in [6, 6.07) is 1.01. The highest BCUT2D eigenvalue weighted by Gasteiger charge is 2.24. The van der Waals surface area contributed by atoms with E-state index < -0.39 is 7.60 Å². The Hall–Kier alpha value is 0.110. The van der Waals surface area contributed by atoms with Gasteiger partial charge in [0.15, 0.2) is 0 Å². The molecule has 0 saturated heterocycles. The van der Waals surface area contributed by atoms with Gasteiger partial charge in [0.1, 0.15) is 0 Å². The molecule has 2 atom stereocenters. The average Bonchev–Trinajstić information content (AvgIpc) is 2.08. The maximum Gasteiger partial charge on any atom is 0.325 e. The van der Waals surface area contributed by atoms with Crippen LogP contribution in [0.15, 0.2) is 0 Å². The molecule has 0 fully saturated rings. The van der Waals surface area contributed by atoms with Crippen LogP contribution in [0.2, 0.25) is 0 Å². The molecule has 0 aliphatic carbocycles. The molecule has 0 rings (SSSR count). The Morgan fingerprint density at radius 3 is 1.94 bits per heavy atom. The van der Waals surface area contributed by atoms with Crippen molar-refractivity contribution < 1.29 is 14.0 Å². The molecule has 0 amide bonds. The maximum atomic E-state index is 11.1. The topological polar surface area (TPSA) is 49.8 Å². The summed E-state index contributed by atoms with van der Waals surface area (Å²) in [5, 5.41) is 0. The Labute approximate surface area is 99.5 Å². The van der Waals surface area contributed by atoms with Gasteiger partial charge in [0.05, 0.1) is 6.61 Å². The Kier molecular flexibility index (Phi) is 6.80. The van der Waals surface area contributed by atoms with Gasteiger partial charge in [-0.05, 0) is 34.1 Å². The molecule has 0 bridgehead atoms. The van der Waals surface area contributed by atoms with Gasteiger partial charge in [0.25, 0.3) is 0 Å². The summed E-state index contributed by atoms with van der Waals surface area (Å²) < 4.78 is 16.1. The molecule has 0 saturated carbocycles. The molecular weight excluding hydrogens is 225 g/mol. The van der Waals surface area contributed by atoms with Gasteiger partial charge in [0.2, 0.25) is 0 Å². The van der Waals surface area contributed by atoms with Crippen LogP contribution in [0.4, 0.5) is 0 Å². The van der Waals surface area contributed by atoms with Crippen LogP contribution in [0.1, 0.15) is 41.0 Å². The fraction of sp³-hybridized carbons (Fsp3) is 1.00. The summed E-state index contributed by atoms with van der Waals surface area (Å²) in [5.41, 5.74) is 0. The second-order valence-corrected chi connectivity index (χ2v) is 6.66. The summed E-state index contributed by atoms with van der Waals surface area (Å²) >= 11 is 0. The van der Waals surface area contributed by atoms with Crippen molar-refractivity contribution in [3.63, 3.8) is 0 Å². The van der Waals surface area contributed by atoms with Crippen LogP contribution in [-0.4, -0.2) is 41.2 Å². The second kappa shape index (κ2) is 6.75. The van der Waals surface area contributed by atoms with Gasteiger partial charge >= 0.3 is 7.60 Å². The molecule has 0 aromatic heterocycles. The molecule has 2 unspecified atom stereocenters. The summed E-state index contributed by atoms with van der Waals surface area (Å²) in [4.78, 5) is 11.5. The highest BCUT2D eigenvalue weighted by Crippen LogP contribution is 2.37. The van der Waals surface area contributed by atoms with E-state index in [0.29, 0.717) is 18.7 Å². The Morgan fingerprint density at radius 1 is 1.25 bits per heavy atom. The standard InChI is InChI=1S/C11H26NO3P/c1-7-11(8-15-16(6,13)14)12(9(2)3)10(4)5/h9-11H,7-8H2,1-6H3,(H,13,14). The van der Waals surface area contributed by atoms with Gasteiger partial charge in [-0.1, -0.05) is 6.92 Å². The lowest BCUT2D eigenvalue weighted by molar-refractivity contribution is 0.0695. The lowest BCUT2D eigenvalue weighted by Crippen LogP contribution is -2.46. The second-order valence-electron chi connectivity index (χ2n) is 4.80. The molecule has 0 spiro atoms. The summed E-state index contributed by atoms with van der Waals surface area (Å²) in [5.74, 6) is 0. The molecule has 0 aliphatic rings. The molecule has 0 aromatic rings. The molecule has 98 valence electrons. The first kappa shape index (κ1) is 16.1. The SMILES string of the molecule is CCC(COP(C)(=O)O)N(C(C)C)C(C)C. The van der Waals surface area contributed by atoms with Crippen LogP contribution in [-0.2, 0) is 9.09 Å². The molecule has 0 aromatic carbocycles. The first-order chi connectivity index (χ1) is 7.19. The zero-order chi connectivity index (χ0) is 12.9. The van der Waals surface area contributed by atoms with Crippen molar-refractivity contribution in [2.45, 2.75) is 59.2 Å². The fourth-order valence-corrected chi connectivity index (χ4v) is 2.53. The van der Waals surface area contributed by atoms with Crippen LogP contribution in [0.3, 0.4) is 0 Å². The van der Waals surface area contributed by atoms with E-state index in [9.17, 15) is 4.57 Å². The van der Waals surface area contributed by atoms with Crippen LogP contribution in [0, 0.1) is 0 Å². The van der Waals surface area contributed by atoms with Crippen LogP contribution in [0.25, 0.3) is 0 Å². The van der Waals surface area contributed by atoms with Gasteiger partial charge < -0.3 is 9.42 Å². The Bertz CT molecular complexity index is 229. The summed E-state index contributed by atoms with van der Waals surface area (Å²) in [6.07, 6.45) is 0.913. The van der Waals surface area contributed by atoms with Crippen molar-refractivity contribution in [2.75, 3.05) is 13.3 Å². The molecule has 16 heavy (non-hydrogen) atoms. The van der Waals surface area contributed by atoms with Crippen molar-refractivity contribution in [3.8, 4) is 0 Å². The van der Waals surface area contributed by atoms with Crippen LogP contribution >= 0.6 is 7.60 Å². The van der Waals surface area contributed by atoms with Crippen molar-refractivity contribution in [1.82, 2.24) is 4.90 Å². The van der Waals surface area contributed by atoms with E-state index in [0.717, 1.165) is 6.42 Å². The Morgan fingerprint density at radius 2 is 1.69 bits per heavy atom. The lowest BCUT2D eigenvalue weighted by Gasteiger charge is -2.37. The first-order valence-electron chi connectivity index (χ1n) is 5.91. The van der Waals surface area contributed by atoms with Crippen molar-refractivity contribution in [3.05, 3.63) is 0 Å². The smallest absolute Gasteiger partial charge is 0.324 e. The van der Waals surface area contributed by atoms with E-state index in [1.807, 2.05) is 0 Å². The third kappa shape index (κ3) is 6.00. The normalized spacial score (nSPS) is 18.1. The highest BCUT2D eigenvalue weighted by molar-refractivity contribution is 7.51. The summed E-state index contributed by atoms with van der Waals surface area (Å²) in [6.45, 7) is 12.1. The van der Waals surface area contributed by atoms with Crippen LogP contribution in [0.5, 0.6) is 0 Å². The van der Waals surface area contributed by atoms with Gasteiger partial charge in [-0.2, -0.15) is 0 Å². The molecule has 0 heterocycles. The summed E-state index contributed by atoms with van der Waals surface area (Å²) in [7, 11) is -3.36. The van der Waals surface area contributed by atoms with E-state index in [-0.39, 0.29) is 6.04 Å². The number of hydrogen-bond donors (Lipinski definition) is 1. The molecule has 0 aliphatic heterocycles. The number of rotatable bonds is 7. The highest BCUT2D eigenvalue weighted by atomic mass is 31.2. The Balaban J connectivity index is 4.50. The zero-order valence-corrected chi connectivity index (χ0v) is 12.2. The average molecular weight is 251 g/mol. The molecule has 0 radical (unpaired) electrons. The third-order valence-electron chi connectivity index (χ3n) is 2.59. The van der Waals surface area contributed by atoms with E-state index in [1.54, 1.807) is 0 Å². The van der Waals surface area contributed by atoms with Crippen molar-refractivity contribution in [1.29, 1.82) is 0 Å². The maximum absolute atomic E-state index is 11.1. The zero-order valence-electron chi connectivity index (χ0n) is 11.3. The quantitative estimate of drug-likeness (QED) is 0.707. The third-order valence-corrected chi connectivity index (χ3v) is 3.22. The van der Waals surface area contributed by atoms with Gasteiger partial charge in [0, 0.05) is 24.8 Å². The van der Waals surface area contributed by atoms with E-state index in [2.05, 4.69) is 39.5 Å². The van der Waals surface area contributed by atoms with E-state index in [1.165, 1.54) is 6.66 Å².